The summed E-state index contributed by atoms with van der Waals surface area (Å²) in [6, 6.07) is 9.74. The zero-order valence-electron chi connectivity index (χ0n) is 12.6. The standard InChI is InChI=1S/C18H25NO2/c1-2-11-18(12-7-4-8-13-18)15-19-17(20)21-14-16-9-5-3-6-10-16/h2-3,5-6,9-10H,1,4,7-8,11-15H2,(H,19,20). The van der Waals surface area contributed by atoms with Crippen molar-refractivity contribution in [2.75, 3.05) is 6.54 Å². The van der Waals surface area contributed by atoms with Crippen molar-refractivity contribution in [1.29, 1.82) is 0 Å². The van der Waals surface area contributed by atoms with Crippen molar-refractivity contribution < 1.29 is 9.53 Å². The summed E-state index contributed by atoms with van der Waals surface area (Å²) in [4.78, 5) is 11.8. The number of ether oxygens (including phenoxy) is 1. The van der Waals surface area contributed by atoms with E-state index < -0.39 is 0 Å². The third-order valence-electron chi connectivity index (χ3n) is 4.31. The van der Waals surface area contributed by atoms with E-state index in [0.29, 0.717) is 13.2 Å². The summed E-state index contributed by atoms with van der Waals surface area (Å²) in [6.07, 6.45) is 8.73. The molecule has 0 spiro atoms. The quantitative estimate of drug-likeness (QED) is 0.785. The Hall–Kier alpha value is -1.77. The molecule has 1 N–H and O–H groups in total. The predicted octanol–water partition coefficient (Wildman–Crippen LogP) is 4.44. The van der Waals surface area contributed by atoms with Crippen LogP contribution in [0.15, 0.2) is 43.0 Å². The van der Waals surface area contributed by atoms with E-state index in [1.165, 1.54) is 19.3 Å². The van der Waals surface area contributed by atoms with Gasteiger partial charge in [0.05, 0.1) is 0 Å². The average Bonchev–Trinajstić information content (AvgIpc) is 2.53. The third kappa shape index (κ3) is 4.92. The number of alkyl carbamates (subject to hydrolysis) is 1. The van der Waals surface area contributed by atoms with Crippen LogP contribution in [0.2, 0.25) is 0 Å². The van der Waals surface area contributed by atoms with Gasteiger partial charge in [-0.3, -0.25) is 0 Å². The molecule has 0 radical (unpaired) electrons. The lowest BCUT2D eigenvalue weighted by Crippen LogP contribution is -2.39. The summed E-state index contributed by atoms with van der Waals surface area (Å²) in [5.41, 5.74) is 1.19. The Morgan fingerprint density at radius 1 is 1.24 bits per heavy atom. The number of amides is 1. The van der Waals surface area contributed by atoms with Crippen LogP contribution in [-0.4, -0.2) is 12.6 Å². The Morgan fingerprint density at radius 2 is 1.95 bits per heavy atom. The highest BCUT2D eigenvalue weighted by atomic mass is 16.5. The smallest absolute Gasteiger partial charge is 0.407 e. The maximum atomic E-state index is 11.8. The molecule has 0 unspecified atom stereocenters. The Labute approximate surface area is 127 Å². The third-order valence-corrected chi connectivity index (χ3v) is 4.31. The molecule has 1 aliphatic carbocycles. The van der Waals surface area contributed by atoms with Crippen LogP contribution in [-0.2, 0) is 11.3 Å². The van der Waals surface area contributed by atoms with Crippen molar-refractivity contribution in [3.63, 3.8) is 0 Å². The van der Waals surface area contributed by atoms with Gasteiger partial charge < -0.3 is 10.1 Å². The van der Waals surface area contributed by atoms with Crippen LogP contribution >= 0.6 is 0 Å². The zero-order chi connectivity index (χ0) is 15.0. The molecule has 3 heteroatoms. The Balaban J connectivity index is 1.77. The second-order valence-corrected chi connectivity index (χ2v) is 5.97. The van der Waals surface area contributed by atoms with E-state index in [1.807, 2.05) is 36.4 Å². The summed E-state index contributed by atoms with van der Waals surface area (Å²) >= 11 is 0. The monoisotopic (exact) mass is 287 g/mol. The van der Waals surface area contributed by atoms with Gasteiger partial charge in [-0.25, -0.2) is 4.79 Å². The molecule has 1 amide bonds. The van der Waals surface area contributed by atoms with Crippen molar-refractivity contribution in [1.82, 2.24) is 5.32 Å². The Kier molecular flexibility index (Phi) is 5.85. The van der Waals surface area contributed by atoms with E-state index in [-0.39, 0.29) is 11.5 Å². The van der Waals surface area contributed by atoms with Crippen LogP contribution in [0.4, 0.5) is 4.79 Å². The van der Waals surface area contributed by atoms with Crippen LogP contribution < -0.4 is 5.32 Å². The van der Waals surface area contributed by atoms with E-state index in [9.17, 15) is 4.79 Å². The first-order valence-corrected chi connectivity index (χ1v) is 7.80. The van der Waals surface area contributed by atoms with Gasteiger partial charge in [-0.2, -0.15) is 0 Å². The summed E-state index contributed by atoms with van der Waals surface area (Å²) in [7, 11) is 0. The highest BCUT2D eigenvalue weighted by Crippen LogP contribution is 2.38. The first-order chi connectivity index (χ1) is 10.2. The summed E-state index contributed by atoms with van der Waals surface area (Å²) in [5.74, 6) is 0. The van der Waals surface area contributed by atoms with Crippen LogP contribution in [0.1, 0.15) is 44.1 Å². The maximum Gasteiger partial charge on any atom is 0.407 e. The Bertz CT molecular complexity index is 450. The summed E-state index contributed by atoms with van der Waals surface area (Å²) in [6.45, 7) is 4.87. The molecule has 0 saturated heterocycles. The molecule has 0 heterocycles. The van der Waals surface area contributed by atoms with Gasteiger partial charge in [-0.1, -0.05) is 55.7 Å². The molecule has 3 nitrogen and oxygen atoms in total. The number of hydrogen-bond donors (Lipinski definition) is 1. The molecule has 1 aromatic carbocycles. The fraction of sp³-hybridized carbons (Fsp3) is 0.500. The lowest BCUT2D eigenvalue weighted by molar-refractivity contribution is 0.125. The number of allylic oxidation sites excluding steroid dienone is 1. The lowest BCUT2D eigenvalue weighted by atomic mass is 9.72. The average molecular weight is 287 g/mol. The van der Waals surface area contributed by atoms with Crippen molar-refractivity contribution in [2.24, 2.45) is 5.41 Å². The fourth-order valence-electron chi connectivity index (χ4n) is 3.09. The molecular formula is C18H25NO2. The molecule has 0 atom stereocenters. The number of carbonyl (C=O) groups excluding carboxylic acids is 1. The van der Waals surface area contributed by atoms with Crippen molar-refractivity contribution in [2.45, 2.75) is 45.1 Å². The van der Waals surface area contributed by atoms with E-state index in [4.69, 9.17) is 4.74 Å². The van der Waals surface area contributed by atoms with Crippen molar-refractivity contribution in [3.8, 4) is 0 Å². The van der Waals surface area contributed by atoms with Crippen LogP contribution in [0.3, 0.4) is 0 Å². The van der Waals surface area contributed by atoms with Crippen LogP contribution in [0.5, 0.6) is 0 Å². The van der Waals surface area contributed by atoms with Gasteiger partial charge in [0.1, 0.15) is 6.61 Å². The van der Waals surface area contributed by atoms with Gasteiger partial charge in [0.15, 0.2) is 0 Å². The molecule has 1 aliphatic rings. The molecule has 1 aromatic rings. The SMILES string of the molecule is C=CCC1(CNC(=O)OCc2ccccc2)CCCCC1. The number of hydrogen-bond acceptors (Lipinski definition) is 2. The molecule has 0 aliphatic heterocycles. The van der Waals surface area contributed by atoms with Gasteiger partial charge in [-0.15, -0.1) is 6.58 Å². The van der Waals surface area contributed by atoms with E-state index in [2.05, 4.69) is 11.9 Å². The lowest BCUT2D eigenvalue weighted by Gasteiger charge is -2.36. The maximum absolute atomic E-state index is 11.8. The molecule has 21 heavy (non-hydrogen) atoms. The topological polar surface area (TPSA) is 38.3 Å². The second kappa shape index (κ2) is 7.87. The fourth-order valence-corrected chi connectivity index (χ4v) is 3.09. The summed E-state index contributed by atoms with van der Waals surface area (Å²) in [5, 5.41) is 2.94. The first kappa shape index (κ1) is 15.6. The highest BCUT2D eigenvalue weighted by molar-refractivity contribution is 5.67. The molecule has 1 fully saturated rings. The largest absolute Gasteiger partial charge is 0.445 e. The van der Waals surface area contributed by atoms with Gasteiger partial charge in [0.25, 0.3) is 0 Å². The minimum Gasteiger partial charge on any atom is -0.445 e. The molecular weight excluding hydrogens is 262 g/mol. The molecule has 1 saturated carbocycles. The minimum absolute atomic E-state index is 0.186. The van der Waals surface area contributed by atoms with Gasteiger partial charge in [0, 0.05) is 6.54 Å². The van der Waals surface area contributed by atoms with E-state index in [0.717, 1.165) is 24.8 Å². The molecule has 114 valence electrons. The molecule has 0 bridgehead atoms. The van der Waals surface area contributed by atoms with Gasteiger partial charge >= 0.3 is 6.09 Å². The van der Waals surface area contributed by atoms with Crippen molar-refractivity contribution in [3.05, 3.63) is 48.6 Å². The van der Waals surface area contributed by atoms with Crippen molar-refractivity contribution >= 4 is 6.09 Å². The zero-order valence-corrected chi connectivity index (χ0v) is 12.6. The number of benzene rings is 1. The number of rotatable bonds is 6. The van der Waals surface area contributed by atoms with Gasteiger partial charge in [-0.05, 0) is 30.2 Å². The highest BCUT2D eigenvalue weighted by Gasteiger charge is 2.31. The first-order valence-electron chi connectivity index (χ1n) is 7.80. The summed E-state index contributed by atoms with van der Waals surface area (Å²) < 4.78 is 5.27. The number of nitrogens with one attached hydrogen (secondary N) is 1. The van der Waals surface area contributed by atoms with Crippen LogP contribution in [0, 0.1) is 5.41 Å². The van der Waals surface area contributed by atoms with Gasteiger partial charge in [0.2, 0.25) is 0 Å². The van der Waals surface area contributed by atoms with Crippen LogP contribution in [0.25, 0.3) is 0 Å². The minimum atomic E-state index is -0.326. The number of carbonyl (C=O) groups is 1. The van der Waals surface area contributed by atoms with E-state index >= 15 is 0 Å². The molecule has 0 aromatic heterocycles. The molecule has 2 rings (SSSR count). The Morgan fingerprint density at radius 3 is 2.62 bits per heavy atom. The normalized spacial score (nSPS) is 17.0. The second-order valence-electron chi connectivity index (χ2n) is 5.97. The predicted molar refractivity (Wildman–Crippen MR) is 85.0 cm³/mol. The van der Waals surface area contributed by atoms with E-state index in [1.54, 1.807) is 0 Å².